The van der Waals surface area contributed by atoms with Crippen molar-refractivity contribution in [2.75, 3.05) is 13.1 Å². The van der Waals surface area contributed by atoms with Crippen molar-refractivity contribution in [1.29, 1.82) is 0 Å². The van der Waals surface area contributed by atoms with E-state index in [-0.39, 0.29) is 11.9 Å². The predicted octanol–water partition coefficient (Wildman–Crippen LogP) is 1.11. The van der Waals surface area contributed by atoms with E-state index in [1.165, 1.54) is 0 Å². The molecule has 1 saturated heterocycles. The first-order valence-corrected chi connectivity index (χ1v) is 8.50. The van der Waals surface area contributed by atoms with Crippen molar-refractivity contribution in [1.82, 2.24) is 20.4 Å². The molecule has 3 rings (SSSR count). The van der Waals surface area contributed by atoms with E-state index in [4.69, 9.17) is 4.52 Å². The number of aliphatic hydroxyl groups excluding tert-OH is 1. The third-order valence-corrected chi connectivity index (χ3v) is 4.75. The minimum atomic E-state index is -0.605. The van der Waals surface area contributed by atoms with Gasteiger partial charge in [-0.3, -0.25) is 9.69 Å². The lowest BCUT2D eigenvalue weighted by molar-refractivity contribution is 0.0345. The number of thiazole rings is 1. The first-order valence-electron chi connectivity index (χ1n) is 7.56. The van der Waals surface area contributed by atoms with E-state index in [0.29, 0.717) is 30.0 Å². The molecule has 1 amide bonds. The van der Waals surface area contributed by atoms with Crippen LogP contribution in [-0.2, 0) is 6.54 Å². The molecule has 7 nitrogen and oxygen atoms in total. The molecule has 124 valence electrons. The van der Waals surface area contributed by atoms with E-state index in [0.717, 1.165) is 18.8 Å². The molecule has 0 spiro atoms. The predicted molar refractivity (Wildman–Crippen MR) is 85.2 cm³/mol. The highest BCUT2D eigenvalue weighted by Gasteiger charge is 2.30. The molecule has 0 saturated carbocycles. The van der Waals surface area contributed by atoms with Gasteiger partial charge in [0.15, 0.2) is 0 Å². The lowest BCUT2D eigenvalue weighted by atomic mass is 10.0. The molecular weight excluding hydrogens is 316 g/mol. The number of rotatable bonds is 4. The number of carbonyl (C=O) groups is 1. The Morgan fingerprint density at radius 3 is 3.00 bits per heavy atom. The first-order chi connectivity index (χ1) is 11.0. The molecule has 23 heavy (non-hydrogen) atoms. The summed E-state index contributed by atoms with van der Waals surface area (Å²) in [5, 5.41) is 19.0. The van der Waals surface area contributed by atoms with Gasteiger partial charge in [-0.15, -0.1) is 11.3 Å². The van der Waals surface area contributed by atoms with Crippen molar-refractivity contribution in [3.8, 4) is 0 Å². The molecule has 0 radical (unpaired) electrons. The summed E-state index contributed by atoms with van der Waals surface area (Å²) in [7, 11) is 0. The Morgan fingerprint density at radius 1 is 1.57 bits per heavy atom. The second-order valence-corrected chi connectivity index (χ2v) is 6.57. The van der Waals surface area contributed by atoms with Crippen molar-refractivity contribution in [3.63, 3.8) is 0 Å². The maximum absolute atomic E-state index is 12.4. The van der Waals surface area contributed by atoms with Gasteiger partial charge >= 0.3 is 0 Å². The highest BCUT2D eigenvalue weighted by molar-refractivity contribution is 7.07. The fourth-order valence-electron chi connectivity index (χ4n) is 2.90. The zero-order chi connectivity index (χ0) is 16.4. The minimum Gasteiger partial charge on any atom is -0.390 e. The SMILES string of the molecule is Cc1noc(C)c1C(=O)N[C@@H]1CCN(Cc2cscn2)C[C@H]1O. The monoisotopic (exact) mass is 336 g/mol. The summed E-state index contributed by atoms with van der Waals surface area (Å²) in [5.41, 5.74) is 3.85. The molecule has 8 heteroatoms. The molecule has 1 fully saturated rings. The van der Waals surface area contributed by atoms with Gasteiger partial charge in [0.25, 0.3) is 5.91 Å². The Morgan fingerprint density at radius 2 is 2.39 bits per heavy atom. The molecule has 3 heterocycles. The number of aliphatic hydroxyl groups is 1. The number of nitrogens with zero attached hydrogens (tertiary/aromatic N) is 3. The number of hydrogen-bond acceptors (Lipinski definition) is 7. The Labute approximate surface area is 138 Å². The Bertz CT molecular complexity index is 651. The fraction of sp³-hybridized carbons (Fsp3) is 0.533. The molecular formula is C15H20N4O3S. The molecule has 0 unspecified atom stereocenters. The van der Waals surface area contributed by atoms with Crippen LogP contribution in [0.3, 0.4) is 0 Å². The molecule has 2 N–H and O–H groups in total. The van der Waals surface area contributed by atoms with Gasteiger partial charge in [-0.2, -0.15) is 0 Å². The van der Waals surface area contributed by atoms with Crippen LogP contribution in [0.2, 0.25) is 0 Å². The summed E-state index contributed by atoms with van der Waals surface area (Å²) in [5.74, 6) is 0.258. The zero-order valence-corrected chi connectivity index (χ0v) is 14.0. The van der Waals surface area contributed by atoms with Crippen LogP contribution in [-0.4, -0.2) is 51.3 Å². The summed E-state index contributed by atoms with van der Waals surface area (Å²) < 4.78 is 5.02. The summed E-state index contributed by atoms with van der Waals surface area (Å²) in [4.78, 5) is 18.8. The van der Waals surface area contributed by atoms with Gasteiger partial charge in [-0.05, 0) is 20.3 Å². The second-order valence-electron chi connectivity index (χ2n) is 5.85. The molecule has 0 aromatic carbocycles. The molecule has 2 atom stereocenters. The molecule has 0 aliphatic carbocycles. The highest BCUT2D eigenvalue weighted by Crippen LogP contribution is 2.17. The van der Waals surface area contributed by atoms with Crippen LogP contribution in [0.5, 0.6) is 0 Å². The fourth-order valence-corrected chi connectivity index (χ4v) is 3.45. The van der Waals surface area contributed by atoms with Gasteiger partial charge in [-0.1, -0.05) is 5.16 Å². The highest BCUT2D eigenvalue weighted by atomic mass is 32.1. The first kappa shape index (κ1) is 16.1. The number of hydrogen-bond donors (Lipinski definition) is 2. The van der Waals surface area contributed by atoms with Crippen LogP contribution in [0.15, 0.2) is 15.4 Å². The van der Waals surface area contributed by atoms with E-state index in [1.807, 2.05) is 10.9 Å². The summed E-state index contributed by atoms with van der Waals surface area (Å²) >= 11 is 1.57. The Kier molecular flexibility index (Phi) is 4.74. The molecule has 0 bridgehead atoms. The lowest BCUT2D eigenvalue weighted by Gasteiger charge is -2.35. The van der Waals surface area contributed by atoms with Crippen molar-refractivity contribution in [3.05, 3.63) is 33.6 Å². The number of likely N-dealkylation sites (tertiary alicyclic amines) is 1. The topological polar surface area (TPSA) is 91.5 Å². The van der Waals surface area contributed by atoms with Crippen LogP contribution >= 0.6 is 11.3 Å². The van der Waals surface area contributed by atoms with E-state index >= 15 is 0 Å². The van der Waals surface area contributed by atoms with Gasteiger partial charge in [0.2, 0.25) is 0 Å². The molecule has 1 aliphatic rings. The maximum Gasteiger partial charge on any atom is 0.257 e. The standard InChI is InChI=1S/C15H20N4O3S/c1-9-14(10(2)22-18-9)15(21)17-12-3-4-19(6-13(12)20)5-11-7-23-8-16-11/h7-8,12-13,20H,3-6H2,1-2H3,(H,17,21)/t12-,13-/m1/s1. The van der Waals surface area contributed by atoms with Gasteiger partial charge < -0.3 is 14.9 Å². The van der Waals surface area contributed by atoms with Crippen LogP contribution < -0.4 is 5.32 Å². The van der Waals surface area contributed by atoms with Gasteiger partial charge in [-0.25, -0.2) is 4.98 Å². The number of aromatic nitrogens is 2. The quantitative estimate of drug-likeness (QED) is 0.869. The van der Waals surface area contributed by atoms with Crippen molar-refractivity contribution in [2.45, 2.75) is 39.0 Å². The van der Waals surface area contributed by atoms with E-state index in [1.54, 1.807) is 25.2 Å². The lowest BCUT2D eigenvalue weighted by Crippen LogP contribution is -2.53. The molecule has 2 aromatic heterocycles. The Balaban J connectivity index is 1.57. The van der Waals surface area contributed by atoms with Gasteiger partial charge in [0, 0.05) is 25.0 Å². The van der Waals surface area contributed by atoms with Crippen LogP contribution in [0.4, 0.5) is 0 Å². The van der Waals surface area contributed by atoms with Gasteiger partial charge in [0.05, 0.1) is 29.0 Å². The number of nitrogens with one attached hydrogen (secondary N) is 1. The number of carbonyl (C=O) groups excluding carboxylic acids is 1. The zero-order valence-electron chi connectivity index (χ0n) is 13.2. The van der Waals surface area contributed by atoms with Crippen LogP contribution in [0, 0.1) is 13.8 Å². The normalized spacial score (nSPS) is 22.2. The van der Waals surface area contributed by atoms with E-state index in [9.17, 15) is 9.90 Å². The van der Waals surface area contributed by atoms with Crippen molar-refractivity contribution < 1.29 is 14.4 Å². The van der Waals surface area contributed by atoms with Crippen molar-refractivity contribution >= 4 is 17.2 Å². The summed E-state index contributed by atoms with van der Waals surface area (Å²) in [6.45, 7) is 5.50. The van der Waals surface area contributed by atoms with E-state index < -0.39 is 6.10 Å². The molecule has 1 aliphatic heterocycles. The third-order valence-electron chi connectivity index (χ3n) is 4.11. The number of amides is 1. The largest absolute Gasteiger partial charge is 0.390 e. The summed E-state index contributed by atoms with van der Waals surface area (Å²) in [6.07, 6.45) is 0.0901. The van der Waals surface area contributed by atoms with Crippen molar-refractivity contribution in [2.24, 2.45) is 0 Å². The average molecular weight is 336 g/mol. The number of aryl methyl sites for hydroxylation is 2. The Hall–Kier alpha value is -1.77. The average Bonchev–Trinajstić information content (AvgIpc) is 3.12. The second kappa shape index (κ2) is 6.77. The third kappa shape index (κ3) is 3.60. The van der Waals surface area contributed by atoms with E-state index in [2.05, 4.69) is 20.4 Å². The molecule has 2 aromatic rings. The smallest absolute Gasteiger partial charge is 0.257 e. The van der Waals surface area contributed by atoms with Gasteiger partial charge in [0.1, 0.15) is 11.3 Å². The van der Waals surface area contributed by atoms with Crippen LogP contribution in [0.25, 0.3) is 0 Å². The number of piperidine rings is 1. The maximum atomic E-state index is 12.4. The minimum absolute atomic E-state index is 0.238. The number of β-amino-alcohol motifs (C(OH)–C–C–N with tert-alkyl or cyclic N) is 1. The summed E-state index contributed by atoms with van der Waals surface area (Å²) in [6, 6.07) is -0.261. The van der Waals surface area contributed by atoms with Crippen LogP contribution in [0.1, 0.15) is 33.9 Å².